The molecule has 1 aromatic heterocycles. The lowest BCUT2D eigenvalue weighted by Crippen LogP contribution is -2.61. The zero-order valence-electron chi connectivity index (χ0n) is 10.6. The number of fused-ring (bicyclic) bond motifs is 1. The van der Waals surface area contributed by atoms with Crippen molar-refractivity contribution in [3.05, 3.63) is 28.0 Å². The summed E-state index contributed by atoms with van der Waals surface area (Å²) in [5, 5.41) is 39.4. The molecule has 2 saturated heterocycles. The number of hydrogen-bond donors (Lipinski definition) is 3. The number of nitro groups is 1. The molecule has 0 aromatic carbocycles. The summed E-state index contributed by atoms with van der Waals surface area (Å²) in [6, 6.07) is 2.48. The molecular formula is C11H13NO9. The molecule has 0 saturated carbocycles. The smallest absolute Gasteiger partial charge is 0.400 e. The van der Waals surface area contributed by atoms with Crippen LogP contribution in [0.1, 0.15) is 12.1 Å². The Kier molecular flexibility index (Phi) is 3.65. The van der Waals surface area contributed by atoms with E-state index >= 15 is 0 Å². The highest BCUT2D eigenvalue weighted by molar-refractivity contribution is 5.18. The largest absolute Gasteiger partial charge is 0.433 e. The molecule has 2 fully saturated rings. The molecule has 0 bridgehead atoms. The van der Waals surface area contributed by atoms with Gasteiger partial charge in [-0.1, -0.05) is 0 Å². The summed E-state index contributed by atoms with van der Waals surface area (Å²) in [6.07, 6.45) is -7.22. The van der Waals surface area contributed by atoms with E-state index in [4.69, 9.17) is 18.6 Å². The van der Waals surface area contributed by atoms with Crippen LogP contribution in [0.2, 0.25) is 0 Å². The summed E-state index contributed by atoms with van der Waals surface area (Å²) < 4.78 is 20.7. The number of aliphatic hydroxyl groups is 3. The van der Waals surface area contributed by atoms with Crippen LogP contribution in [0.4, 0.5) is 5.88 Å². The molecule has 3 N–H and O–H groups in total. The van der Waals surface area contributed by atoms with Crippen LogP contribution in [-0.2, 0) is 14.2 Å². The number of furan rings is 1. The predicted molar refractivity (Wildman–Crippen MR) is 61.8 cm³/mol. The van der Waals surface area contributed by atoms with E-state index in [-0.39, 0.29) is 12.4 Å². The molecular weight excluding hydrogens is 290 g/mol. The van der Waals surface area contributed by atoms with Crippen molar-refractivity contribution in [3.8, 4) is 0 Å². The Morgan fingerprint density at radius 2 is 1.95 bits per heavy atom. The molecule has 10 heteroatoms. The van der Waals surface area contributed by atoms with E-state index in [0.29, 0.717) is 0 Å². The lowest BCUT2D eigenvalue weighted by atomic mass is 9.98. The molecule has 0 radical (unpaired) electrons. The molecule has 2 aliphatic heterocycles. The maximum Gasteiger partial charge on any atom is 0.433 e. The molecule has 3 heterocycles. The minimum atomic E-state index is -1.53. The van der Waals surface area contributed by atoms with Crippen molar-refractivity contribution >= 4 is 5.88 Å². The molecule has 10 nitrogen and oxygen atoms in total. The second-order valence-corrected chi connectivity index (χ2v) is 4.75. The van der Waals surface area contributed by atoms with Crippen LogP contribution in [0.5, 0.6) is 0 Å². The standard InChI is InChI=1S/C11H13NO9/c13-7-8(14)10(15)20-5-3-18-11(21-9(5)7)4-1-2-6(19-4)12(16)17/h1-2,5,7-11,13-15H,3H2/t5-,7-,8+,9-,10?,11?/m1/s1. The fraction of sp³-hybridized carbons (Fsp3) is 0.636. The zero-order valence-corrected chi connectivity index (χ0v) is 10.6. The van der Waals surface area contributed by atoms with E-state index < -0.39 is 47.8 Å². The maximum absolute atomic E-state index is 10.6. The lowest BCUT2D eigenvalue weighted by Gasteiger charge is -2.44. The first-order chi connectivity index (χ1) is 9.97. The number of nitrogens with zero attached hydrogens (tertiary/aromatic N) is 1. The third-order valence-electron chi connectivity index (χ3n) is 3.38. The normalized spacial score (nSPS) is 39.8. The molecule has 1 aromatic rings. The van der Waals surface area contributed by atoms with Crippen molar-refractivity contribution in [2.24, 2.45) is 0 Å². The van der Waals surface area contributed by atoms with Crippen molar-refractivity contribution in [3.63, 3.8) is 0 Å². The Labute approximate surface area is 117 Å². The van der Waals surface area contributed by atoms with Crippen LogP contribution in [-0.4, -0.2) is 57.6 Å². The molecule has 3 rings (SSSR count). The van der Waals surface area contributed by atoms with Crippen LogP contribution in [0, 0.1) is 10.1 Å². The highest BCUT2D eigenvalue weighted by Gasteiger charge is 2.48. The van der Waals surface area contributed by atoms with Crippen LogP contribution >= 0.6 is 0 Å². The first-order valence-electron chi connectivity index (χ1n) is 6.18. The van der Waals surface area contributed by atoms with Gasteiger partial charge in [0.2, 0.25) is 6.29 Å². The summed E-state index contributed by atoms with van der Waals surface area (Å²) in [5.74, 6) is -0.400. The molecule has 0 spiro atoms. The highest BCUT2D eigenvalue weighted by Crippen LogP contribution is 2.35. The zero-order chi connectivity index (χ0) is 15.1. The minimum absolute atomic E-state index is 0.0370. The van der Waals surface area contributed by atoms with Gasteiger partial charge in [-0.3, -0.25) is 10.1 Å². The van der Waals surface area contributed by atoms with E-state index in [1.807, 2.05) is 0 Å². The van der Waals surface area contributed by atoms with Gasteiger partial charge in [0, 0.05) is 0 Å². The van der Waals surface area contributed by atoms with Gasteiger partial charge in [-0.05, 0) is 6.07 Å². The first-order valence-corrected chi connectivity index (χ1v) is 6.18. The van der Waals surface area contributed by atoms with Crippen LogP contribution < -0.4 is 0 Å². The van der Waals surface area contributed by atoms with Gasteiger partial charge in [-0.15, -0.1) is 0 Å². The molecule has 21 heavy (non-hydrogen) atoms. The van der Waals surface area contributed by atoms with Gasteiger partial charge in [0.15, 0.2) is 12.1 Å². The average Bonchev–Trinajstić information content (AvgIpc) is 2.95. The quantitative estimate of drug-likeness (QED) is 0.464. The molecule has 0 aliphatic carbocycles. The molecule has 2 unspecified atom stereocenters. The van der Waals surface area contributed by atoms with Crippen molar-refractivity contribution in [1.82, 2.24) is 0 Å². The van der Waals surface area contributed by atoms with Crippen LogP contribution in [0.25, 0.3) is 0 Å². The van der Waals surface area contributed by atoms with E-state index in [0.717, 1.165) is 6.07 Å². The van der Waals surface area contributed by atoms with E-state index in [1.165, 1.54) is 6.07 Å². The fourth-order valence-electron chi connectivity index (χ4n) is 2.30. The summed E-state index contributed by atoms with van der Waals surface area (Å²) in [5.41, 5.74) is 0. The van der Waals surface area contributed by atoms with Gasteiger partial charge in [-0.25, -0.2) is 0 Å². The van der Waals surface area contributed by atoms with Crippen molar-refractivity contribution in [2.75, 3.05) is 6.61 Å². The molecule has 116 valence electrons. The second kappa shape index (κ2) is 5.33. The topological polar surface area (TPSA) is 145 Å². The highest BCUT2D eigenvalue weighted by atomic mass is 16.7. The molecule has 0 amide bonds. The van der Waals surface area contributed by atoms with Gasteiger partial charge in [0.05, 0.1) is 12.7 Å². The Morgan fingerprint density at radius 1 is 1.19 bits per heavy atom. The number of rotatable bonds is 2. The Morgan fingerprint density at radius 3 is 2.62 bits per heavy atom. The maximum atomic E-state index is 10.6. The Bertz CT molecular complexity index is 530. The van der Waals surface area contributed by atoms with Gasteiger partial charge in [-0.2, -0.15) is 0 Å². The molecule has 6 atom stereocenters. The number of ether oxygens (including phenoxy) is 3. The average molecular weight is 303 g/mol. The first kappa shape index (κ1) is 14.4. The summed E-state index contributed by atoms with van der Waals surface area (Å²) in [6.45, 7) is -0.0370. The summed E-state index contributed by atoms with van der Waals surface area (Å²) in [7, 11) is 0. The van der Waals surface area contributed by atoms with Crippen molar-refractivity contribution in [1.29, 1.82) is 0 Å². The van der Waals surface area contributed by atoms with E-state index in [2.05, 4.69) is 0 Å². The third kappa shape index (κ3) is 2.52. The second-order valence-electron chi connectivity index (χ2n) is 4.75. The molecule has 2 aliphatic rings. The SMILES string of the molecule is O=[N+]([O-])c1ccc(C2OC[C@H]3OC(O)[C@@H](O)[C@@H](O)[C@@H]3O2)o1. The van der Waals surface area contributed by atoms with Gasteiger partial charge >= 0.3 is 5.88 Å². The van der Waals surface area contributed by atoms with Gasteiger partial charge in [0.25, 0.3) is 0 Å². The summed E-state index contributed by atoms with van der Waals surface area (Å²) >= 11 is 0. The van der Waals surface area contributed by atoms with E-state index in [1.54, 1.807) is 0 Å². The van der Waals surface area contributed by atoms with Crippen molar-refractivity contribution in [2.45, 2.75) is 37.0 Å². The van der Waals surface area contributed by atoms with Crippen LogP contribution in [0.15, 0.2) is 16.5 Å². The Balaban J connectivity index is 1.75. The van der Waals surface area contributed by atoms with Gasteiger partial charge < -0.3 is 33.9 Å². The van der Waals surface area contributed by atoms with E-state index in [9.17, 15) is 25.4 Å². The minimum Gasteiger partial charge on any atom is -0.400 e. The summed E-state index contributed by atoms with van der Waals surface area (Å²) in [4.78, 5) is 9.86. The Hall–Kier alpha value is -1.56. The number of hydrogen-bond acceptors (Lipinski definition) is 9. The van der Waals surface area contributed by atoms with Crippen LogP contribution in [0.3, 0.4) is 0 Å². The van der Waals surface area contributed by atoms with Crippen molar-refractivity contribution < 1.29 is 38.9 Å². The third-order valence-corrected chi connectivity index (χ3v) is 3.38. The number of aliphatic hydroxyl groups excluding tert-OH is 3. The predicted octanol–water partition coefficient (Wildman–Crippen LogP) is -0.959. The fourth-order valence-corrected chi connectivity index (χ4v) is 2.30. The van der Waals surface area contributed by atoms with Gasteiger partial charge in [0.1, 0.15) is 29.3 Å². The lowest BCUT2D eigenvalue weighted by molar-refractivity contribution is -0.404. The monoisotopic (exact) mass is 303 g/mol.